The molecular weight excluding hydrogens is 925 g/mol. The highest BCUT2D eigenvalue weighted by molar-refractivity contribution is 7.38. The van der Waals surface area contributed by atoms with E-state index in [0.717, 1.165) is 174 Å². The van der Waals surface area contributed by atoms with E-state index in [2.05, 4.69) is 27.7 Å². The Morgan fingerprint density at radius 3 is 0.868 bits per heavy atom. The van der Waals surface area contributed by atoms with E-state index in [4.69, 9.17) is 0 Å². The number of aromatic nitrogens is 2. The van der Waals surface area contributed by atoms with Gasteiger partial charge in [-0.05, 0) is 37.5 Å². The van der Waals surface area contributed by atoms with Crippen molar-refractivity contribution in [2.45, 2.75) is 195 Å². The summed E-state index contributed by atoms with van der Waals surface area (Å²) in [7, 11) is 0. The van der Waals surface area contributed by atoms with Gasteiger partial charge in [0.1, 0.15) is 32.0 Å². The first kappa shape index (κ1) is 52.7. The molecule has 2 aromatic carbocycles. The molecule has 2 unspecified atom stereocenters. The van der Waals surface area contributed by atoms with Gasteiger partial charge in [0.05, 0.1) is 40.3 Å². The van der Waals surface area contributed by atoms with Crippen LogP contribution in [0, 0.1) is 57.2 Å². The van der Waals surface area contributed by atoms with E-state index in [1.807, 2.05) is 24.3 Å². The molecule has 0 amide bonds. The highest BCUT2D eigenvalue weighted by Crippen LogP contribution is 2.44. The van der Waals surface area contributed by atoms with Gasteiger partial charge in [-0.2, -0.15) is 21.0 Å². The van der Waals surface area contributed by atoms with E-state index in [9.17, 15) is 21.0 Å². The van der Waals surface area contributed by atoms with Crippen molar-refractivity contribution in [2.24, 2.45) is 11.8 Å². The van der Waals surface area contributed by atoms with Gasteiger partial charge in [-0.25, -0.2) is 0 Å². The van der Waals surface area contributed by atoms with E-state index >= 15 is 19.2 Å². The van der Waals surface area contributed by atoms with Crippen molar-refractivity contribution in [3.05, 3.63) is 49.1 Å². The molecule has 0 aliphatic carbocycles. The summed E-state index contributed by atoms with van der Waals surface area (Å²) in [6.45, 7) is 9.13. The lowest BCUT2D eigenvalue weighted by Crippen LogP contribution is -2.38. The van der Waals surface area contributed by atoms with Gasteiger partial charge in [0.25, 0.3) is 22.2 Å². The summed E-state index contributed by atoms with van der Waals surface area (Å²) in [6.07, 6.45) is 25.4. The molecule has 0 N–H and O–H groups in total. The van der Waals surface area contributed by atoms with E-state index in [0.29, 0.717) is 26.5 Å². The molecule has 0 radical (unpaired) electrons. The van der Waals surface area contributed by atoms with Gasteiger partial charge in [0.2, 0.25) is 0 Å². The van der Waals surface area contributed by atoms with E-state index in [1.165, 1.54) is 34.8 Å². The maximum atomic E-state index is 15.4. The van der Waals surface area contributed by atoms with Crippen molar-refractivity contribution in [1.82, 2.24) is 9.13 Å². The van der Waals surface area contributed by atoms with Gasteiger partial charge in [-0.15, -0.1) is 45.3 Å². The van der Waals surface area contributed by atoms with E-state index in [-0.39, 0.29) is 68.4 Å². The third kappa shape index (κ3) is 11.5. The summed E-state index contributed by atoms with van der Waals surface area (Å²) < 4.78 is 5.03. The van der Waals surface area contributed by atoms with E-state index in [1.54, 1.807) is 0 Å². The number of nitriles is 4. The maximum absolute atomic E-state index is 15.4. The van der Waals surface area contributed by atoms with Crippen molar-refractivity contribution in [3.8, 4) is 24.3 Å². The summed E-state index contributed by atoms with van der Waals surface area (Å²) in [4.78, 5) is 61.6. The standard InChI is InChI=1S/C54H66N6O4S4/c1-5-9-13-17-19-23-27-35(25-21-15-11-7-3)33-59-49(61)41-39-40-43(47-45(41)65-53(67-47)37(29-55)30-56)51(63)60(34-36(26-22-16-12-8-4)28-24-20-18-14-10-6-2)52(64)44(40)48-46(42(39)50(59)62)66-54(68-48)38(31-57)32-58/h35-36H,5-28,33-34H2,1-4H3. The van der Waals surface area contributed by atoms with Gasteiger partial charge in [0, 0.05) is 23.9 Å². The zero-order valence-corrected chi connectivity index (χ0v) is 43.8. The molecule has 0 bridgehead atoms. The molecule has 68 heavy (non-hydrogen) atoms. The Bertz CT molecular complexity index is 2880. The summed E-state index contributed by atoms with van der Waals surface area (Å²) in [5, 5.41) is 41.7. The van der Waals surface area contributed by atoms with Crippen molar-refractivity contribution in [2.75, 3.05) is 0 Å². The van der Waals surface area contributed by atoms with Crippen LogP contribution < -0.4 is 29.9 Å². The third-order valence-corrected chi connectivity index (χ3v) is 19.1. The lowest BCUT2D eigenvalue weighted by molar-refractivity contribution is 0.351. The molecule has 0 aliphatic heterocycles. The topological polar surface area (TPSA) is 173 Å². The first-order chi connectivity index (χ1) is 33.1. The van der Waals surface area contributed by atoms with Crippen molar-refractivity contribution in [3.63, 3.8) is 0 Å². The lowest BCUT2D eigenvalue weighted by atomic mass is 9.92. The molecule has 6 aromatic rings. The Labute approximate surface area is 415 Å². The monoisotopic (exact) mass is 990 g/mol. The molecule has 0 saturated carbocycles. The predicted octanol–water partition coefficient (Wildman–Crippen LogP) is 13.3. The molecular formula is C54H66N6O4S4. The number of nitrogens with zero attached hydrogens (tertiary/aromatic N) is 6. The fourth-order valence-electron chi connectivity index (χ4n) is 10.1. The molecule has 0 fully saturated rings. The lowest BCUT2D eigenvalue weighted by Gasteiger charge is -2.21. The van der Waals surface area contributed by atoms with Crippen LogP contribution in [0.5, 0.6) is 0 Å². The Kier molecular flexibility index (Phi) is 20.0. The number of hydrogen-bond donors (Lipinski definition) is 0. The number of rotatable bonds is 28. The molecule has 0 saturated heterocycles. The van der Waals surface area contributed by atoms with Crippen LogP contribution in [0.2, 0.25) is 0 Å². The SMILES string of the molecule is CCCCCCCCC(CCCCCC)Cn1c(=O)c2c3sc(=C(C#N)C#N)sc3c3c(=O)n(CC(CCCCCC)CCCCCCCC)c(=O)c4c5sc(=C(C#N)C#N)sc5c(c1=O)c2c34. The minimum absolute atomic E-state index is 0.0482. The molecule has 4 aromatic heterocycles. The van der Waals surface area contributed by atoms with Crippen molar-refractivity contribution in [1.29, 1.82) is 21.0 Å². The van der Waals surface area contributed by atoms with Crippen LogP contribution in [0.4, 0.5) is 0 Å². The Hall–Kier alpha value is -4.70. The average Bonchev–Trinajstić information content (AvgIpc) is 3.97. The first-order valence-corrected chi connectivity index (χ1v) is 28.7. The summed E-state index contributed by atoms with van der Waals surface area (Å²) >= 11 is 4.42. The maximum Gasteiger partial charge on any atom is 0.262 e. The predicted molar refractivity (Wildman–Crippen MR) is 287 cm³/mol. The van der Waals surface area contributed by atoms with Gasteiger partial charge in [0.15, 0.2) is 11.1 Å². The zero-order chi connectivity index (χ0) is 48.7. The number of benzene rings is 2. The second kappa shape index (κ2) is 25.8. The smallest absolute Gasteiger partial charge is 0.262 e. The van der Waals surface area contributed by atoms with Crippen LogP contribution in [0.15, 0.2) is 19.2 Å². The quantitative estimate of drug-likeness (QED) is 0.0345. The van der Waals surface area contributed by atoms with Gasteiger partial charge < -0.3 is 0 Å². The molecule has 2 atom stereocenters. The molecule has 360 valence electrons. The highest BCUT2D eigenvalue weighted by Gasteiger charge is 2.31. The minimum atomic E-state index is -0.517. The van der Waals surface area contributed by atoms with Crippen molar-refractivity contribution >= 4 is 108 Å². The fraction of sp³-hybridized carbons (Fsp3) is 0.593. The Balaban J connectivity index is 1.70. The molecule has 6 rings (SSSR count). The molecule has 14 heteroatoms. The highest BCUT2D eigenvalue weighted by atomic mass is 32.2. The fourth-order valence-corrected chi connectivity index (χ4v) is 15.4. The van der Waals surface area contributed by atoms with Crippen LogP contribution in [-0.2, 0) is 13.1 Å². The normalized spacial score (nSPS) is 12.5. The second-order valence-electron chi connectivity index (χ2n) is 18.7. The minimum Gasteiger partial charge on any atom is -0.274 e. The molecule has 0 aliphatic rings. The molecule has 0 spiro atoms. The molecule has 10 nitrogen and oxygen atoms in total. The van der Waals surface area contributed by atoms with Crippen LogP contribution >= 0.6 is 45.3 Å². The average molecular weight is 991 g/mol. The number of fused-ring (bicyclic) bond motifs is 6. The Morgan fingerprint density at radius 2 is 0.618 bits per heavy atom. The zero-order valence-electron chi connectivity index (χ0n) is 40.5. The van der Waals surface area contributed by atoms with Gasteiger partial charge >= 0.3 is 0 Å². The Morgan fingerprint density at radius 1 is 0.382 bits per heavy atom. The first-order valence-electron chi connectivity index (χ1n) is 25.4. The van der Waals surface area contributed by atoms with Crippen LogP contribution in [0.3, 0.4) is 0 Å². The molecule has 4 heterocycles. The third-order valence-electron chi connectivity index (χ3n) is 13.8. The van der Waals surface area contributed by atoms with Crippen LogP contribution in [0.1, 0.15) is 182 Å². The van der Waals surface area contributed by atoms with Gasteiger partial charge in [-0.3, -0.25) is 28.3 Å². The largest absolute Gasteiger partial charge is 0.274 e. The number of unbranched alkanes of at least 4 members (excludes halogenated alkanes) is 16. The number of pyridine rings is 2. The second-order valence-corrected chi connectivity index (χ2v) is 23.3. The van der Waals surface area contributed by atoms with Gasteiger partial charge in [-0.1, -0.05) is 156 Å². The van der Waals surface area contributed by atoms with Crippen LogP contribution in [-0.4, -0.2) is 9.13 Å². The number of hydrogen-bond acceptors (Lipinski definition) is 12. The van der Waals surface area contributed by atoms with E-state index < -0.39 is 22.2 Å². The van der Waals surface area contributed by atoms with Crippen LogP contribution in [0.25, 0.3) is 62.3 Å². The summed E-state index contributed by atoms with van der Waals surface area (Å²) in [5.74, 6) is 0.0963. The summed E-state index contributed by atoms with van der Waals surface area (Å²) in [6, 6.07) is 8.03. The van der Waals surface area contributed by atoms with Crippen molar-refractivity contribution < 1.29 is 0 Å². The summed E-state index contributed by atoms with van der Waals surface area (Å²) in [5.41, 5.74) is -2.36.